The van der Waals surface area contributed by atoms with Crippen LogP contribution in [-0.2, 0) is 4.79 Å². The Kier molecular flexibility index (Phi) is 4.29. The van der Waals surface area contributed by atoms with Gasteiger partial charge in [0.1, 0.15) is 11.8 Å². The minimum absolute atomic E-state index is 0.00755. The summed E-state index contributed by atoms with van der Waals surface area (Å²) in [4.78, 5) is 24.1. The fraction of sp³-hybridized carbons (Fsp3) is 0.400. The number of hydrogen-bond donors (Lipinski definition) is 3. The molecule has 0 amide bonds. The molecule has 3 N–H and O–H groups in total. The number of carboxylic acid groups (broad SMARTS) is 1. The van der Waals surface area contributed by atoms with E-state index >= 15 is 0 Å². The molecule has 1 aromatic rings. The van der Waals surface area contributed by atoms with E-state index in [9.17, 15) is 25.1 Å². The van der Waals surface area contributed by atoms with E-state index in [2.05, 4.69) is 4.98 Å². The Labute approximate surface area is 102 Å². The summed E-state index contributed by atoms with van der Waals surface area (Å²) in [5.74, 6) is -1.26. The number of rotatable bonds is 5. The second kappa shape index (κ2) is 5.52. The number of aryl methyl sites for hydroxylation is 1. The molecule has 1 heterocycles. The number of aliphatic carboxylic acids is 1. The normalized spacial score (nSPS) is 13.9. The summed E-state index contributed by atoms with van der Waals surface area (Å²) in [6.07, 6.45) is -3.66. The lowest BCUT2D eigenvalue weighted by molar-refractivity contribution is -0.385. The third kappa shape index (κ3) is 3.22. The van der Waals surface area contributed by atoms with Crippen LogP contribution in [0.3, 0.4) is 0 Å². The second-order valence-electron chi connectivity index (χ2n) is 3.71. The first-order valence-electron chi connectivity index (χ1n) is 5.02. The Morgan fingerprint density at radius 3 is 2.56 bits per heavy atom. The van der Waals surface area contributed by atoms with Crippen LogP contribution < -0.4 is 0 Å². The number of carboxylic acids is 1. The standard InChI is InChI=1S/C10H12N2O6/c1-5-7(12(17)18)3-2-6(11-5)10(16)8(13)4-9(14)15/h2-3,8,10,13,16H,4H2,1H3,(H,14,15). The minimum Gasteiger partial charge on any atom is -0.481 e. The molecule has 0 aliphatic heterocycles. The van der Waals surface area contributed by atoms with Gasteiger partial charge >= 0.3 is 5.97 Å². The van der Waals surface area contributed by atoms with E-state index in [1.54, 1.807) is 0 Å². The third-order valence-corrected chi connectivity index (χ3v) is 2.33. The number of nitro groups is 1. The van der Waals surface area contributed by atoms with E-state index in [4.69, 9.17) is 5.11 Å². The van der Waals surface area contributed by atoms with Crippen molar-refractivity contribution in [2.45, 2.75) is 25.6 Å². The summed E-state index contributed by atoms with van der Waals surface area (Å²) >= 11 is 0. The minimum atomic E-state index is -1.52. The summed E-state index contributed by atoms with van der Waals surface area (Å²) in [6, 6.07) is 2.33. The van der Waals surface area contributed by atoms with Gasteiger partial charge < -0.3 is 15.3 Å². The highest BCUT2D eigenvalue weighted by Gasteiger charge is 2.24. The zero-order valence-corrected chi connectivity index (χ0v) is 9.48. The van der Waals surface area contributed by atoms with Gasteiger partial charge in [-0.2, -0.15) is 0 Å². The number of pyridine rings is 1. The number of carbonyl (C=O) groups is 1. The monoisotopic (exact) mass is 256 g/mol. The van der Waals surface area contributed by atoms with Gasteiger partial charge in [0.05, 0.1) is 23.1 Å². The first kappa shape index (κ1) is 14.0. The summed E-state index contributed by atoms with van der Waals surface area (Å²) in [6.45, 7) is 1.39. The van der Waals surface area contributed by atoms with Crippen LogP contribution in [0.1, 0.15) is 23.9 Å². The van der Waals surface area contributed by atoms with Crippen LogP contribution in [-0.4, -0.2) is 37.3 Å². The van der Waals surface area contributed by atoms with Gasteiger partial charge in [-0.15, -0.1) is 0 Å². The fourth-order valence-corrected chi connectivity index (χ4v) is 1.42. The zero-order chi connectivity index (χ0) is 13.9. The van der Waals surface area contributed by atoms with Crippen molar-refractivity contribution in [1.82, 2.24) is 4.98 Å². The highest BCUT2D eigenvalue weighted by Crippen LogP contribution is 2.22. The molecule has 0 saturated carbocycles. The maximum absolute atomic E-state index is 10.6. The molecule has 98 valence electrons. The van der Waals surface area contributed by atoms with Gasteiger partial charge in [0.25, 0.3) is 5.69 Å². The molecule has 0 aliphatic rings. The highest BCUT2D eigenvalue weighted by molar-refractivity contribution is 5.67. The van der Waals surface area contributed by atoms with Crippen molar-refractivity contribution in [3.8, 4) is 0 Å². The maximum atomic E-state index is 10.6. The maximum Gasteiger partial charge on any atom is 0.306 e. The molecule has 0 fully saturated rings. The molecule has 0 aromatic carbocycles. The van der Waals surface area contributed by atoms with Gasteiger partial charge in [0.15, 0.2) is 0 Å². The number of hydrogen-bond acceptors (Lipinski definition) is 6. The van der Waals surface area contributed by atoms with Crippen LogP contribution in [0.15, 0.2) is 12.1 Å². The molecule has 8 nitrogen and oxygen atoms in total. The molecule has 2 atom stereocenters. The molecular weight excluding hydrogens is 244 g/mol. The van der Waals surface area contributed by atoms with Gasteiger partial charge in [-0.05, 0) is 13.0 Å². The Balaban J connectivity index is 2.93. The Morgan fingerprint density at radius 1 is 1.50 bits per heavy atom. The van der Waals surface area contributed by atoms with Crippen molar-refractivity contribution in [3.63, 3.8) is 0 Å². The SMILES string of the molecule is Cc1nc(C(O)C(O)CC(=O)O)ccc1[N+](=O)[O-]. The summed E-state index contributed by atoms with van der Waals surface area (Å²) in [5, 5.41) is 38.1. The van der Waals surface area contributed by atoms with Gasteiger partial charge in [-0.1, -0.05) is 0 Å². The summed E-state index contributed by atoms with van der Waals surface area (Å²) in [5.41, 5.74) is -0.135. The lowest BCUT2D eigenvalue weighted by Gasteiger charge is -2.15. The van der Waals surface area contributed by atoms with Crippen LogP contribution >= 0.6 is 0 Å². The largest absolute Gasteiger partial charge is 0.481 e. The molecule has 0 saturated heterocycles. The van der Waals surface area contributed by atoms with Crippen LogP contribution in [0, 0.1) is 17.0 Å². The van der Waals surface area contributed by atoms with E-state index in [0.29, 0.717) is 0 Å². The van der Waals surface area contributed by atoms with Crippen molar-refractivity contribution in [2.75, 3.05) is 0 Å². The topological polar surface area (TPSA) is 134 Å². The summed E-state index contributed by atoms with van der Waals surface area (Å²) < 4.78 is 0. The van der Waals surface area contributed by atoms with Gasteiger partial charge in [-0.3, -0.25) is 14.9 Å². The van der Waals surface area contributed by atoms with Crippen LogP contribution in [0.4, 0.5) is 5.69 Å². The van der Waals surface area contributed by atoms with Crippen molar-refractivity contribution >= 4 is 11.7 Å². The van der Waals surface area contributed by atoms with Crippen LogP contribution in [0.25, 0.3) is 0 Å². The molecular formula is C10H12N2O6. The first-order valence-corrected chi connectivity index (χ1v) is 5.02. The number of nitrogens with zero attached hydrogens (tertiary/aromatic N) is 2. The van der Waals surface area contributed by atoms with Gasteiger partial charge in [-0.25, -0.2) is 4.98 Å². The first-order chi connectivity index (χ1) is 8.32. The van der Waals surface area contributed by atoms with Crippen molar-refractivity contribution < 1.29 is 25.0 Å². The predicted molar refractivity (Wildman–Crippen MR) is 58.8 cm³/mol. The predicted octanol–water partition coefficient (Wildman–Crippen LogP) is 0.167. The van der Waals surface area contributed by atoms with E-state index < -0.39 is 29.5 Å². The average molecular weight is 256 g/mol. The molecule has 2 unspecified atom stereocenters. The molecule has 1 rings (SSSR count). The smallest absolute Gasteiger partial charge is 0.306 e. The lowest BCUT2D eigenvalue weighted by atomic mass is 10.1. The van der Waals surface area contributed by atoms with Crippen LogP contribution in [0.2, 0.25) is 0 Å². The highest BCUT2D eigenvalue weighted by atomic mass is 16.6. The van der Waals surface area contributed by atoms with Crippen LogP contribution in [0.5, 0.6) is 0 Å². The summed E-state index contributed by atoms with van der Waals surface area (Å²) in [7, 11) is 0. The van der Waals surface area contributed by atoms with E-state index in [1.165, 1.54) is 13.0 Å². The van der Waals surface area contributed by atoms with E-state index in [0.717, 1.165) is 6.07 Å². The fourth-order valence-electron chi connectivity index (χ4n) is 1.42. The lowest BCUT2D eigenvalue weighted by Crippen LogP contribution is -2.22. The number of aromatic nitrogens is 1. The molecule has 0 spiro atoms. The van der Waals surface area contributed by atoms with Gasteiger partial charge in [0, 0.05) is 6.07 Å². The molecule has 0 radical (unpaired) electrons. The molecule has 0 bridgehead atoms. The molecule has 18 heavy (non-hydrogen) atoms. The number of aliphatic hydroxyl groups is 2. The Bertz CT molecular complexity index is 475. The Hall–Kier alpha value is -2.06. The molecule has 8 heteroatoms. The molecule has 1 aromatic heterocycles. The van der Waals surface area contributed by atoms with E-state index in [-0.39, 0.29) is 17.1 Å². The second-order valence-corrected chi connectivity index (χ2v) is 3.71. The quantitative estimate of drug-likeness (QED) is 0.504. The Morgan fingerprint density at radius 2 is 2.11 bits per heavy atom. The zero-order valence-electron chi connectivity index (χ0n) is 9.48. The number of aliphatic hydroxyl groups excluding tert-OH is 2. The average Bonchev–Trinajstić information content (AvgIpc) is 2.26. The van der Waals surface area contributed by atoms with Crippen molar-refractivity contribution in [1.29, 1.82) is 0 Å². The van der Waals surface area contributed by atoms with Gasteiger partial charge in [0.2, 0.25) is 0 Å². The molecule has 0 aliphatic carbocycles. The van der Waals surface area contributed by atoms with Crippen molar-refractivity contribution in [2.24, 2.45) is 0 Å². The third-order valence-electron chi connectivity index (χ3n) is 2.33. The van der Waals surface area contributed by atoms with Crippen molar-refractivity contribution in [3.05, 3.63) is 33.6 Å². The van der Waals surface area contributed by atoms with E-state index in [1.807, 2.05) is 0 Å².